The topological polar surface area (TPSA) is 68.9 Å². The predicted octanol–water partition coefficient (Wildman–Crippen LogP) is 4.38. The number of hydrogen-bond acceptors (Lipinski definition) is 5. The van der Waals surface area contributed by atoms with Gasteiger partial charge >= 0.3 is 5.63 Å². The van der Waals surface area contributed by atoms with Crippen LogP contribution in [0.5, 0.6) is 11.5 Å². The zero-order chi connectivity index (χ0) is 19.5. The highest BCUT2D eigenvalue weighted by molar-refractivity contribution is 5.97. The first-order valence-electron chi connectivity index (χ1n) is 9.63. The van der Waals surface area contributed by atoms with Crippen molar-refractivity contribution in [3.8, 4) is 11.5 Å². The van der Waals surface area contributed by atoms with Crippen molar-refractivity contribution in [1.82, 2.24) is 0 Å². The van der Waals surface area contributed by atoms with E-state index in [1.165, 1.54) is 6.07 Å². The fourth-order valence-corrected chi connectivity index (χ4v) is 3.98. The van der Waals surface area contributed by atoms with Crippen LogP contribution in [0.1, 0.15) is 63.8 Å². The first-order valence-corrected chi connectivity index (χ1v) is 9.63. The van der Waals surface area contributed by atoms with Gasteiger partial charge < -0.3 is 19.0 Å². The van der Waals surface area contributed by atoms with Gasteiger partial charge in [-0.15, -0.1) is 0 Å². The van der Waals surface area contributed by atoms with E-state index < -0.39 is 17.3 Å². The Bertz CT molecular complexity index is 998. The summed E-state index contributed by atoms with van der Waals surface area (Å²) in [4.78, 5) is 12.3. The fraction of sp³-hybridized carbons (Fsp3) is 0.500. The van der Waals surface area contributed by atoms with Gasteiger partial charge in [0.1, 0.15) is 23.2 Å². The highest BCUT2D eigenvalue weighted by Crippen LogP contribution is 2.52. The molecule has 0 fully saturated rings. The number of rotatable bonds is 2. The maximum Gasteiger partial charge on any atom is 0.336 e. The molecular formula is C22H26O5. The molecule has 0 unspecified atom stereocenters. The first-order chi connectivity index (χ1) is 12.7. The van der Waals surface area contributed by atoms with Gasteiger partial charge in [0, 0.05) is 12.0 Å². The molecule has 0 saturated heterocycles. The van der Waals surface area contributed by atoms with Crippen LogP contribution >= 0.6 is 0 Å². The van der Waals surface area contributed by atoms with Crippen molar-refractivity contribution in [2.24, 2.45) is 5.92 Å². The maximum absolute atomic E-state index is 12.3. The van der Waals surface area contributed by atoms with Gasteiger partial charge in [-0.1, -0.05) is 20.3 Å². The molecule has 5 heteroatoms. The number of ether oxygens (including phenoxy) is 2. The molecule has 0 bridgehead atoms. The smallest absolute Gasteiger partial charge is 0.336 e. The van der Waals surface area contributed by atoms with Crippen LogP contribution in [-0.4, -0.2) is 16.8 Å². The summed E-state index contributed by atoms with van der Waals surface area (Å²) in [6, 6.07) is 1.54. The van der Waals surface area contributed by atoms with E-state index in [-0.39, 0.29) is 12.0 Å². The molecule has 1 N–H and O–H groups in total. The highest BCUT2D eigenvalue weighted by atomic mass is 16.5. The normalized spacial score (nSPS) is 25.5. The van der Waals surface area contributed by atoms with Gasteiger partial charge in [0.05, 0.1) is 22.6 Å². The zero-order valence-corrected chi connectivity index (χ0v) is 16.5. The number of fused-ring (bicyclic) bond motifs is 6. The van der Waals surface area contributed by atoms with Gasteiger partial charge in [0.2, 0.25) is 0 Å². The third-order valence-corrected chi connectivity index (χ3v) is 5.62. The van der Waals surface area contributed by atoms with E-state index in [9.17, 15) is 9.90 Å². The van der Waals surface area contributed by atoms with Crippen LogP contribution < -0.4 is 15.1 Å². The molecule has 0 spiro atoms. The van der Waals surface area contributed by atoms with E-state index in [2.05, 4.69) is 6.92 Å². The molecule has 3 heterocycles. The van der Waals surface area contributed by atoms with Crippen molar-refractivity contribution >= 4 is 17.0 Å². The molecule has 27 heavy (non-hydrogen) atoms. The molecule has 1 aromatic carbocycles. The molecule has 0 aliphatic carbocycles. The third-order valence-electron chi connectivity index (χ3n) is 5.62. The van der Waals surface area contributed by atoms with Crippen LogP contribution in [0.15, 0.2) is 21.4 Å². The molecule has 5 nitrogen and oxygen atoms in total. The molecule has 2 aromatic rings. The molecule has 1 aromatic heterocycles. The standard InChI is InChI=1S/C22H26O5/c1-6-7-13-10-15(23)26-21-16(13)20-14(8-9-22(4,5)27-20)19-17(21)18(24)11(2)12(3)25-19/h8-12,18,24H,6-7H2,1-5H3/t11-,12-,18+/m0/s1. The average molecular weight is 370 g/mol. The average Bonchev–Trinajstić information content (AvgIpc) is 2.58. The van der Waals surface area contributed by atoms with Crippen LogP contribution in [0.3, 0.4) is 0 Å². The summed E-state index contributed by atoms with van der Waals surface area (Å²) in [5.41, 5.74) is 1.72. The second-order valence-corrected chi connectivity index (χ2v) is 8.20. The summed E-state index contributed by atoms with van der Waals surface area (Å²) in [5.74, 6) is 1.10. The Hall–Kier alpha value is -2.27. The van der Waals surface area contributed by atoms with E-state index in [0.717, 1.165) is 29.4 Å². The first kappa shape index (κ1) is 18.1. The van der Waals surface area contributed by atoms with Gasteiger partial charge in [0.25, 0.3) is 0 Å². The second-order valence-electron chi connectivity index (χ2n) is 8.20. The molecule has 4 rings (SSSR count). The summed E-state index contributed by atoms with van der Waals surface area (Å²) >= 11 is 0. The summed E-state index contributed by atoms with van der Waals surface area (Å²) in [5, 5.41) is 11.8. The molecule has 2 aliphatic heterocycles. The van der Waals surface area contributed by atoms with Crippen molar-refractivity contribution in [1.29, 1.82) is 0 Å². The van der Waals surface area contributed by atoms with E-state index in [1.807, 2.05) is 39.8 Å². The lowest BCUT2D eigenvalue weighted by Crippen LogP contribution is -2.34. The minimum atomic E-state index is -0.778. The van der Waals surface area contributed by atoms with Gasteiger partial charge in [-0.05, 0) is 44.9 Å². The largest absolute Gasteiger partial charge is 0.489 e. The number of aliphatic hydroxyl groups excluding tert-OH is 1. The Morgan fingerprint density at radius 1 is 1.22 bits per heavy atom. The molecule has 2 aliphatic rings. The van der Waals surface area contributed by atoms with Crippen molar-refractivity contribution in [2.45, 2.75) is 65.3 Å². The maximum atomic E-state index is 12.3. The van der Waals surface area contributed by atoms with E-state index in [0.29, 0.717) is 22.6 Å². The van der Waals surface area contributed by atoms with E-state index in [4.69, 9.17) is 13.9 Å². The Kier molecular flexibility index (Phi) is 4.11. The van der Waals surface area contributed by atoms with Gasteiger partial charge in [-0.25, -0.2) is 4.79 Å². The quantitative estimate of drug-likeness (QED) is 0.795. The Morgan fingerprint density at radius 2 is 1.96 bits per heavy atom. The zero-order valence-electron chi connectivity index (χ0n) is 16.5. The molecule has 3 atom stereocenters. The van der Waals surface area contributed by atoms with Crippen molar-refractivity contribution in [3.63, 3.8) is 0 Å². The Labute approximate surface area is 158 Å². The summed E-state index contributed by atoms with van der Waals surface area (Å²) in [7, 11) is 0. The molecule has 0 radical (unpaired) electrons. The Morgan fingerprint density at radius 3 is 2.67 bits per heavy atom. The minimum absolute atomic E-state index is 0.121. The molecule has 144 valence electrons. The molecule has 0 saturated carbocycles. The minimum Gasteiger partial charge on any atom is -0.489 e. The van der Waals surface area contributed by atoms with Crippen LogP contribution in [0.25, 0.3) is 17.0 Å². The monoisotopic (exact) mass is 370 g/mol. The molecular weight excluding hydrogens is 344 g/mol. The number of aryl methyl sites for hydroxylation is 1. The van der Waals surface area contributed by atoms with Crippen LogP contribution in [0.2, 0.25) is 0 Å². The van der Waals surface area contributed by atoms with E-state index in [1.54, 1.807) is 0 Å². The van der Waals surface area contributed by atoms with Crippen LogP contribution in [0.4, 0.5) is 0 Å². The number of benzene rings is 1. The lowest BCUT2D eigenvalue weighted by Gasteiger charge is -2.37. The lowest BCUT2D eigenvalue weighted by molar-refractivity contribution is 0.0173. The fourth-order valence-electron chi connectivity index (χ4n) is 3.98. The third kappa shape index (κ3) is 2.76. The van der Waals surface area contributed by atoms with Crippen LogP contribution in [-0.2, 0) is 6.42 Å². The Balaban J connectivity index is 2.17. The van der Waals surface area contributed by atoms with Crippen molar-refractivity contribution in [2.75, 3.05) is 0 Å². The lowest BCUT2D eigenvalue weighted by atomic mass is 9.85. The highest BCUT2D eigenvalue weighted by Gasteiger charge is 2.39. The van der Waals surface area contributed by atoms with Crippen molar-refractivity contribution in [3.05, 3.63) is 39.3 Å². The van der Waals surface area contributed by atoms with Gasteiger partial charge in [0.15, 0.2) is 5.58 Å². The van der Waals surface area contributed by atoms with Gasteiger partial charge in [-0.2, -0.15) is 0 Å². The van der Waals surface area contributed by atoms with Gasteiger partial charge in [-0.3, -0.25) is 0 Å². The predicted molar refractivity (Wildman–Crippen MR) is 104 cm³/mol. The SMILES string of the molecule is CCCc1cc(=O)oc2c3c(c4c(c12)OC(C)(C)C=C4)O[C@@H](C)[C@H](C)[C@H]3O. The number of hydrogen-bond donors (Lipinski definition) is 1. The van der Waals surface area contributed by atoms with E-state index >= 15 is 0 Å². The summed E-state index contributed by atoms with van der Waals surface area (Å²) < 4.78 is 18.1. The van der Waals surface area contributed by atoms with Crippen molar-refractivity contribution < 1.29 is 19.0 Å². The summed E-state index contributed by atoms with van der Waals surface area (Å²) in [6.45, 7) is 9.91. The summed E-state index contributed by atoms with van der Waals surface area (Å²) in [6.07, 6.45) is 4.65. The second kappa shape index (κ2) is 6.13. The number of aliphatic hydroxyl groups is 1. The van der Waals surface area contributed by atoms with Crippen LogP contribution in [0, 0.1) is 5.92 Å². The molecule has 0 amide bonds.